The second-order valence-electron chi connectivity index (χ2n) is 26.1. The van der Waals surface area contributed by atoms with E-state index in [1.165, 1.54) is 33.4 Å². The van der Waals surface area contributed by atoms with E-state index in [4.69, 9.17) is 18.6 Å². The molecule has 10 aromatic carbocycles. The first kappa shape index (κ1) is 47.8. The van der Waals surface area contributed by atoms with Crippen molar-refractivity contribution < 1.29 is 15.0 Å². The Labute approximate surface area is 504 Å². The second-order valence-corrected chi connectivity index (χ2v) is 26.1. The molecule has 15 rings (SSSR count). The Morgan fingerprint density at radius 3 is 1.79 bits per heavy atom. The van der Waals surface area contributed by atoms with Gasteiger partial charge in [0.15, 0.2) is 0 Å². The van der Waals surface area contributed by atoms with Crippen LogP contribution >= 0.6 is 0 Å². The lowest BCUT2D eigenvalue weighted by Gasteiger charge is -2.39. The van der Waals surface area contributed by atoms with Gasteiger partial charge in [0.1, 0.15) is 35.5 Å². The number of pyridine rings is 1. The molecule has 0 bridgehead atoms. The highest BCUT2D eigenvalue weighted by Gasteiger charge is 2.52. The zero-order valence-corrected chi connectivity index (χ0v) is 49.5. The Balaban J connectivity index is 0.897. The van der Waals surface area contributed by atoms with Crippen molar-refractivity contribution in [2.75, 3.05) is 16.5 Å². The molecule has 0 saturated heterocycles. The molecule has 1 spiro atoms. The Bertz CT molecular complexity index is 4850. The number of rotatable bonds is 7. The highest BCUT2D eigenvalue weighted by molar-refractivity contribution is 6.10. The minimum Gasteiger partial charge on any atom is -0.457 e. The van der Waals surface area contributed by atoms with Crippen molar-refractivity contribution in [2.45, 2.75) is 84.0 Å². The molecule has 0 atom stereocenters. The summed E-state index contributed by atoms with van der Waals surface area (Å²) in [6.45, 7) is 20.8. The van der Waals surface area contributed by atoms with Crippen LogP contribution in [0.25, 0.3) is 61.0 Å². The third-order valence-electron chi connectivity index (χ3n) is 17.8. The number of benzene rings is 10. The number of nitrogens with zero attached hydrogens (tertiary/aromatic N) is 4. The van der Waals surface area contributed by atoms with Crippen molar-refractivity contribution in [3.05, 3.63) is 276 Å². The Morgan fingerprint density at radius 2 is 1.06 bits per heavy atom. The summed E-state index contributed by atoms with van der Waals surface area (Å²) in [6, 6.07) is 73.0. The molecule has 4 heterocycles. The van der Waals surface area contributed by atoms with Crippen molar-refractivity contribution in [1.29, 1.82) is 0 Å². The fourth-order valence-electron chi connectivity index (χ4n) is 13.5. The smallest absolute Gasteiger partial charge is 0.137 e. The maximum absolute atomic E-state index is 9.21. The van der Waals surface area contributed by atoms with Crippen LogP contribution in [0.5, 0.6) is 23.0 Å². The molecule has 0 fully saturated rings. The van der Waals surface area contributed by atoms with Crippen molar-refractivity contribution in [3.8, 4) is 62.2 Å². The van der Waals surface area contributed by atoms with Crippen LogP contribution in [0.3, 0.4) is 0 Å². The maximum Gasteiger partial charge on any atom is 0.137 e. The summed E-state index contributed by atoms with van der Waals surface area (Å²) in [6.07, 6.45) is 1.77. The number of fused-ring (bicyclic) bond motifs is 13. The van der Waals surface area contributed by atoms with Crippen LogP contribution in [0.4, 0.5) is 22.7 Å². The van der Waals surface area contributed by atoms with E-state index in [1.54, 1.807) is 6.20 Å². The van der Waals surface area contributed by atoms with Crippen LogP contribution in [0.1, 0.15) is 107 Å². The molecule has 0 amide bonds. The summed E-state index contributed by atoms with van der Waals surface area (Å²) in [5, 5.41) is 1.11. The van der Waals surface area contributed by atoms with Crippen molar-refractivity contribution in [3.63, 3.8) is 0 Å². The lowest BCUT2D eigenvalue weighted by atomic mass is 9.66. The van der Waals surface area contributed by atoms with Gasteiger partial charge in [0.25, 0.3) is 0 Å². The molecule has 3 aliphatic rings. The van der Waals surface area contributed by atoms with Crippen molar-refractivity contribution in [2.24, 2.45) is 0 Å². The third kappa shape index (κ3) is 8.31. The van der Waals surface area contributed by atoms with E-state index in [9.17, 15) is 1.37 Å². The van der Waals surface area contributed by atoms with E-state index in [0.717, 1.165) is 73.2 Å². The zero-order valence-electron chi connectivity index (χ0n) is 53.5. The minimum absolute atomic E-state index is 0.0976. The van der Waals surface area contributed by atoms with Gasteiger partial charge in [-0.15, -0.1) is 0 Å². The van der Waals surface area contributed by atoms with E-state index < -0.39 is 5.41 Å². The summed E-state index contributed by atoms with van der Waals surface area (Å²) in [7, 11) is 0. The van der Waals surface area contributed by atoms with Crippen LogP contribution in [-0.4, -0.2) is 16.2 Å². The molecule has 2 aliphatic heterocycles. The predicted octanol–water partition coefficient (Wildman–Crippen LogP) is 20.9. The largest absolute Gasteiger partial charge is 0.457 e. The second kappa shape index (κ2) is 19.2. The number of anilines is 4. The van der Waals surface area contributed by atoms with Crippen LogP contribution in [0.15, 0.2) is 237 Å². The number of hydrogen-bond acceptors (Lipinski definition) is 5. The van der Waals surface area contributed by atoms with E-state index >= 15 is 0 Å². The van der Waals surface area contributed by atoms with Gasteiger partial charge in [-0.25, -0.2) is 4.98 Å². The van der Waals surface area contributed by atoms with Crippen LogP contribution in [0.2, 0.25) is 0 Å². The number of ether oxygens (including phenoxy) is 2. The molecule has 2 aromatic heterocycles. The third-order valence-corrected chi connectivity index (χ3v) is 17.8. The Kier molecular flexibility index (Phi) is 10.8. The van der Waals surface area contributed by atoms with E-state index in [0.29, 0.717) is 45.8 Å². The molecule has 0 N–H and O–H groups in total. The fraction of sp³-hybridized carbons (Fsp3) is 0.177. The SMILES string of the molecule is [2H]c1c([2H])c([2H])c2c(c1[2H])c1ccc(Oc3cccc(N4CN(c5c(-c6cc(C(C)(C)C)cc(C(C)(C)C)c6)cccc5-c5cccc6c5-c5ccccc5C65c6ccccc6Oc6ccccc65)c5ccccc54)c3)cc1n2-c1cc(C(C)(C)C)ccn1. The number of hydrogen-bond donors (Lipinski definition) is 0. The van der Waals surface area contributed by atoms with Crippen molar-refractivity contribution in [1.82, 2.24) is 9.55 Å². The lowest BCUT2D eigenvalue weighted by molar-refractivity contribution is 0.436. The van der Waals surface area contributed by atoms with E-state index in [2.05, 4.69) is 236 Å². The molecular formula is C79H68N4O2. The summed E-state index contributed by atoms with van der Waals surface area (Å²) < 4.78 is 51.3. The molecule has 0 saturated carbocycles. The lowest BCUT2D eigenvalue weighted by Crippen LogP contribution is -2.32. The van der Waals surface area contributed by atoms with Gasteiger partial charge in [0.2, 0.25) is 0 Å². The average molecular weight is 1110 g/mol. The predicted molar refractivity (Wildman–Crippen MR) is 351 cm³/mol. The first-order valence-electron chi connectivity index (χ1n) is 31.5. The monoisotopic (exact) mass is 1110 g/mol. The molecule has 85 heavy (non-hydrogen) atoms. The minimum atomic E-state index is -0.646. The molecular weight excluding hydrogens is 1040 g/mol. The van der Waals surface area contributed by atoms with E-state index in [1.807, 2.05) is 47.0 Å². The standard InChI is InChI=1S/C79H68N4O2/c1-76(2,3)51-41-42-80-73(46-51)83-67-34-15-11-25-58(67)59-40-39-56(48-70(59)83)84-55-24-20-23-54(47-55)81-49-82(69-36-17-16-35-68(69)81)75-57(50-43-52(77(4,5)6)45-53(44-50)78(7,8)9)27-21-29-61(75)60-28-22-33-66-74(60)62-26-10-12-30-63(62)79(66)64-31-13-18-37-71(64)85-72-38-19-14-32-65(72)79/h10-48H,49H2,1-9H3/i11D,15D,25D,34D. The van der Waals surface area contributed by atoms with Gasteiger partial charge in [-0.1, -0.05) is 214 Å². The molecule has 6 nitrogen and oxygen atoms in total. The summed E-state index contributed by atoms with van der Waals surface area (Å²) in [5.41, 5.74) is 19.4. The Hall–Kier alpha value is -9.65. The molecule has 0 unspecified atom stereocenters. The van der Waals surface area contributed by atoms with Crippen molar-refractivity contribution >= 4 is 44.6 Å². The van der Waals surface area contributed by atoms with Crippen LogP contribution < -0.4 is 19.3 Å². The first-order chi connectivity index (χ1) is 42.7. The summed E-state index contributed by atoms with van der Waals surface area (Å²) in [4.78, 5) is 9.71. The van der Waals surface area contributed by atoms with Gasteiger partial charge in [0, 0.05) is 57.0 Å². The first-order valence-corrected chi connectivity index (χ1v) is 29.5. The zero-order chi connectivity index (χ0) is 61.6. The maximum atomic E-state index is 9.21. The van der Waals surface area contributed by atoms with Crippen LogP contribution in [-0.2, 0) is 21.7 Å². The normalized spacial score (nSPS) is 14.7. The number of aromatic nitrogens is 2. The number of para-hydroxylation sites is 6. The summed E-state index contributed by atoms with van der Waals surface area (Å²) >= 11 is 0. The van der Waals surface area contributed by atoms with Gasteiger partial charge in [-0.2, -0.15) is 0 Å². The van der Waals surface area contributed by atoms with Gasteiger partial charge in [0.05, 0.1) is 39.0 Å². The summed E-state index contributed by atoms with van der Waals surface area (Å²) in [5.74, 6) is 3.44. The van der Waals surface area contributed by atoms with E-state index in [-0.39, 0.29) is 40.4 Å². The average Bonchev–Trinajstić information content (AvgIpc) is 1.58. The van der Waals surface area contributed by atoms with Gasteiger partial charge in [-0.05, 0) is 133 Å². The fourth-order valence-corrected chi connectivity index (χ4v) is 13.5. The highest BCUT2D eigenvalue weighted by atomic mass is 16.5. The van der Waals surface area contributed by atoms with Gasteiger partial charge >= 0.3 is 0 Å². The quantitative estimate of drug-likeness (QED) is 0.159. The Morgan fingerprint density at radius 1 is 0.471 bits per heavy atom. The molecule has 416 valence electrons. The highest BCUT2D eigenvalue weighted by Crippen LogP contribution is 2.64. The topological polar surface area (TPSA) is 42.8 Å². The molecule has 1 aliphatic carbocycles. The van der Waals surface area contributed by atoms with Gasteiger partial charge in [-0.3, -0.25) is 4.57 Å². The van der Waals surface area contributed by atoms with Gasteiger partial charge < -0.3 is 19.3 Å². The molecule has 6 heteroatoms. The molecule has 12 aromatic rings. The molecule has 0 radical (unpaired) electrons. The van der Waals surface area contributed by atoms with Crippen LogP contribution in [0, 0.1) is 0 Å².